The zero-order valence-electron chi connectivity index (χ0n) is 14.9. The van der Waals surface area contributed by atoms with E-state index in [-0.39, 0.29) is 12.0 Å². The molecule has 0 bridgehead atoms. The number of aryl methyl sites for hydroxylation is 1. The molecule has 128 valence electrons. The Morgan fingerprint density at radius 2 is 1.96 bits per heavy atom. The summed E-state index contributed by atoms with van der Waals surface area (Å²) in [6, 6.07) is 8.67. The van der Waals surface area contributed by atoms with Gasteiger partial charge in [-0.15, -0.1) is 0 Å². The van der Waals surface area contributed by atoms with Crippen LogP contribution >= 0.6 is 0 Å². The van der Waals surface area contributed by atoms with Gasteiger partial charge in [-0.05, 0) is 43.2 Å². The molecule has 1 aromatic rings. The topological polar surface area (TPSA) is 26.3 Å². The van der Waals surface area contributed by atoms with Crippen LogP contribution in [0.2, 0.25) is 0 Å². The summed E-state index contributed by atoms with van der Waals surface area (Å²) in [5.41, 5.74) is 2.53. The van der Waals surface area contributed by atoms with Gasteiger partial charge in [0.15, 0.2) is 0 Å². The molecule has 1 heterocycles. The highest BCUT2D eigenvalue weighted by atomic mass is 16.5. The molecule has 2 rings (SSSR count). The van der Waals surface area contributed by atoms with Gasteiger partial charge < -0.3 is 4.74 Å². The highest BCUT2D eigenvalue weighted by Gasteiger charge is 2.25. The van der Waals surface area contributed by atoms with Crippen LogP contribution in [0.4, 0.5) is 0 Å². The molecule has 0 spiro atoms. The van der Waals surface area contributed by atoms with Crippen LogP contribution < -0.4 is 0 Å². The van der Waals surface area contributed by atoms with Crippen molar-refractivity contribution in [3.63, 3.8) is 0 Å². The Morgan fingerprint density at radius 1 is 1.17 bits per heavy atom. The Kier molecular flexibility index (Phi) is 7.81. The molecule has 1 fully saturated rings. The molecule has 1 saturated heterocycles. The van der Waals surface area contributed by atoms with E-state index in [0.717, 1.165) is 38.7 Å². The zero-order chi connectivity index (χ0) is 16.5. The average Bonchev–Trinajstić information content (AvgIpc) is 2.60. The lowest BCUT2D eigenvalue weighted by Crippen LogP contribution is -2.25. The maximum absolute atomic E-state index is 12.9. The van der Waals surface area contributed by atoms with Gasteiger partial charge in [-0.2, -0.15) is 0 Å². The molecule has 2 nitrogen and oxygen atoms in total. The first-order valence-electron chi connectivity index (χ1n) is 9.47. The van der Waals surface area contributed by atoms with E-state index >= 15 is 0 Å². The first-order chi connectivity index (χ1) is 11.2. The fourth-order valence-corrected chi connectivity index (χ4v) is 3.43. The number of rotatable bonds is 9. The highest BCUT2D eigenvalue weighted by Crippen LogP contribution is 2.28. The van der Waals surface area contributed by atoms with Crippen LogP contribution in [0.3, 0.4) is 0 Å². The number of carbonyl (C=O) groups excluding carboxylic acids is 1. The van der Waals surface area contributed by atoms with E-state index in [1.165, 1.54) is 30.4 Å². The molecule has 0 aromatic heterocycles. The molecule has 2 unspecified atom stereocenters. The van der Waals surface area contributed by atoms with E-state index < -0.39 is 0 Å². The Hall–Kier alpha value is -1.15. The van der Waals surface area contributed by atoms with Crippen LogP contribution in [0.5, 0.6) is 0 Å². The van der Waals surface area contributed by atoms with Gasteiger partial charge in [0, 0.05) is 18.9 Å². The second-order valence-electron chi connectivity index (χ2n) is 6.80. The van der Waals surface area contributed by atoms with E-state index in [0.29, 0.717) is 12.2 Å². The summed E-state index contributed by atoms with van der Waals surface area (Å²) >= 11 is 0. The number of hydrogen-bond acceptors (Lipinski definition) is 2. The number of benzene rings is 1. The minimum atomic E-state index is 0.0537. The normalized spacial score (nSPS) is 19.5. The van der Waals surface area contributed by atoms with Gasteiger partial charge in [-0.25, -0.2) is 0 Å². The SMILES string of the molecule is CCCCCC(C(=O)CC1CCCCO1)c1ccc(CC)cc1. The lowest BCUT2D eigenvalue weighted by Gasteiger charge is -2.24. The third-order valence-electron chi connectivity index (χ3n) is 4.98. The first-order valence-corrected chi connectivity index (χ1v) is 9.47. The fraction of sp³-hybridized carbons (Fsp3) is 0.667. The minimum absolute atomic E-state index is 0.0537. The number of Topliss-reactive ketones (excluding diaryl/α,β-unsaturated/α-hetero) is 1. The van der Waals surface area contributed by atoms with E-state index in [1.54, 1.807) is 0 Å². The molecule has 0 aliphatic carbocycles. The minimum Gasteiger partial charge on any atom is -0.378 e. The second-order valence-corrected chi connectivity index (χ2v) is 6.80. The predicted octanol–water partition coefficient (Wildman–Crippen LogP) is 5.44. The molecular formula is C21H32O2. The van der Waals surface area contributed by atoms with Crippen molar-refractivity contribution in [1.29, 1.82) is 0 Å². The van der Waals surface area contributed by atoms with Gasteiger partial charge in [0.25, 0.3) is 0 Å². The van der Waals surface area contributed by atoms with E-state index in [9.17, 15) is 4.79 Å². The molecule has 0 amide bonds. The molecule has 0 N–H and O–H groups in total. The number of carbonyl (C=O) groups is 1. The number of ether oxygens (including phenoxy) is 1. The van der Waals surface area contributed by atoms with Crippen LogP contribution in [-0.4, -0.2) is 18.5 Å². The van der Waals surface area contributed by atoms with Crippen molar-refractivity contribution in [2.24, 2.45) is 0 Å². The smallest absolute Gasteiger partial charge is 0.142 e. The Bertz CT molecular complexity index is 457. The van der Waals surface area contributed by atoms with Gasteiger partial charge in [-0.1, -0.05) is 57.4 Å². The monoisotopic (exact) mass is 316 g/mol. The number of hydrogen-bond donors (Lipinski definition) is 0. The van der Waals surface area contributed by atoms with Crippen molar-refractivity contribution in [1.82, 2.24) is 0 Å². The molecule has 23 heavy (non-hydrogen) atoms. The van der Waals surface area contributed by atoms with Crippen LogP contribution in [0.1, 0.15) is 82.3 Å². The summed E-state index contributed by atoms with van der Waals surface area (Å²) < 4.78 is 5.78. The van der Waals surface area contributed by atoms with Gasteiger partial charge in [0.2, 0.25) is 0 Å². The summed E-state index contributed by atoms with van der Waals surface area (Å²) in [4.78, 5) is 12.9. The van der Waals surface area contributed by atoms with Gasteiger partial charge in [0.1, 0.15) is 5.78 Å². The summed E-state index contributed by atoms with van der Waals surface area (Å²) in [5, 5.41) is 0. The standard InChI is InChI=1S/C21H32O2/c1-3-5-6-10-20(18-13-11-17(4-2)12-14-18)21(22)16-19-9-7-8-15-23-19/h11-14,19-20H,3-10,15-16H2,1-2H3. The molecule has 1 aromatic carbocycles. The van der Waals surface area contributed by atoms with Crippen molar-refractivity contribution in [3.05, 3.63) is 35.4 Å². The van der Waals surface area contributed by atoms with Crippen molar-refractivity contribution < 1.29 is 9.53 Å². The van der Waals surface area contributed by atoms with Crippen molar-refractivity contribution in [2.75, 3.05) is 6.61 Å². The van der Waals surface area contributed by atoms with Crippen molar-refractivity contribution in [2.45, 2.75) is 83.7 Å². The largest absolute Gasteiger partial charge is 0.378 e. The fourth-order valence-electron chi connectivity index (χ4n) is 3.43. The molecule has 2 heteroatoms. The van der Waals surface area contributed by atoms with Crippen LogP contribution in [0.25, 0.3) is 0 Å². The number of ketones is 1. The maximum Gasteiger partial charge on any atom is 0.142 e. The first kappa shape index (κ1) is 18.2. The predicted molar refractivity (Wildman–Crippen MR) is 95.9 cm³/mol. The summed E-state index contributed by atoms with van der Waals surface area (Å²) in [7, 11) is 0. The Morgan fingerprint density at radius 3 is 2.57 bits per heavy atom. The molecule has 0 saturated carbocycles. The molecule has 1 aliphatic rings. The summed E-state index contributed by atoms with van der Waals surface area (Å²) in [5.74, 6) is 0.426. The third kappa shape index (κ3) is 5.76. The molecule has 2 atom stereocenters. The van der Waals surface area contributed by atoms with Gasteiger partial charge >= 0.3 is 0 Å². The number of unbranched alkanes of at least 4 members (excludes halogenated alkanes) is 2. The van der Waals surface area contributed by atoms with Crippen molar-refractivity contribution >= 4 is 5.78 Å². The second kappa shape index (κ2) is 9.87. The quantitative estimate of drug-likeness (QED) is 0.567. The van der Waals surface area contributed by atoms with Gasteiger partial charge in [0.05, 0.1) is 6.10 Å². The van der Waals surface area contributed by atoms with E-state index in [4.69, 9.17) is 4.74 Å². The van der Waals surface area contributed by atoms with Gasteiger partial charge in [-0.3, -0.25) is 4.79 Å². The third-order valence-corrected chi connectivity index (χ3v) is 4.98. The molecular weight excluding hydrogens is 284 g/mol. The van der Waals surface area contributed by atoms with Crippen molar-refractivity contribution in [3.8, 4) is 0 Å². The Balaban J connectivity index is 2.03. The highest BCUT2D eigenvalue weighted by molar-refractivity contribution is 5.86. The van der Waals surface area contributed by atoms with E-state index in [2.05, 4.69) is 38.1 Å². The lowest BCUT2D eigenvalue weighted by molar-refractivity contribution is -0.124. The average molecular weight is 316 g/mol. The molecule has 0 radical (unpaired) electrons. The Labute approximate surface area is 141 Å². The summed E-state index contributed by atoms with van der Waals surface area (Å²) in [6.45, 7) is 5.20. The summed E-state index contributed by atoms with van der Waals surface area (Å²) in [6.07, 6.45) is 9.68. The van der Waals surface area contributed by atoms with Crippen LogP contribution in [0.15, 0.2) is 24.3 Å². The maximum atomic E-state index is 12.9. The van der Waals surface area contributed by atoms with E-state index in [1.807, 2.05) is 0 Å². The molecule has 1 aliphatic heterocycles. The van der Waals surface area contributed by atoms with Crippen LogP contribution in [-0.2, 0) is 16.0 Å². The zero-order valence-corrected chi connectivity index (χ0v) is 14.9. The lowest BCUT2D eigenvalue weighted by atomic mass is 9.86. The van der Waals surface area contributed by atoms with Crippen LogP contribution in [0, 0.1) is 0 Å².